The van der Waals surface area contributed by atoms with Gasteiger partial charge in [0.05, 0.1) is 0 Å². The lowest BCUT2D eigenvalue weighted by Gasteiger charge is -1.94. The number of aromatic nitrogens is 2. The first-order valence-corrected chi connectivity index (χ1v) is 6.25. The molecular formula is C12H8IN3O2. The number of rotatable bonds is 2. The van der Waals surface area contributed by atoms with Crippen LogP contribution >= 0.6 is 22.6 Å². The van der Waals surface area contributed by atoms with E-state index >= 15 is 0 Å². The van der Waals surface area contributed by atoms with Gasteiger partial charge in [0.15, 0.2) is 9.53 Å². The van der Waals surface area contributed by atoms with Gasteiger partial charge in [-0.15, -0.1) is 0 Å². The molecule has 0 atom stereocenters. The maximum absolute atomic E-state index is 5.71. The largest absolute Gasteiger partial charge is 0.447 e. The Hall–Kier alpha value is -1.83. The first kappa shape index (κ1) is 11.3. The van der Waals surface area contributed by atoms with E-state index in [4.69, 9.17) is 14.7 Å². The first-order valence-electron chi connectivity index (χ1n) is 5.18. The van der Waals surface area contributed by atoms with E-state index in [0.29, 0.717) is 23.2 Å². The van der Waals surface area contributed by atoms with Crippen LogP contribution in [0.3, 0.4) is 0 Å². The van der Waals surface area contributed by atoms with Crippen LogP contribution in [-0.4, -0.2) is 10.1 Å². The van der Waals surface area contributed by atoms with E-state index < -0.39 is 0 Å². The summed E-state index contributed by atoms with van der Waals surface area (Å²) in [5.41, 5.74) is 7.15. The van der Waals surface area contributed by atoms with Crippen LogP contribution in [0.4, 0.5) is 5.69 Å². The smallest absolute Gasteiger partial charge is 0.258 e. The molecule has 0 aliphatic heterocycles. The van der Waals surface area contributed by atoms with Crippen molar-refractivity contribution >= 4 is 28.3 Å². The monoisotopic (exact) mass is 353 g/mol. The van der Waals surface area contributed by atoms with Crippen LogP contribution < -0.4 is 5.73 Å². The Kier molecular flexibility index (Phi) is 2.78. The summed E-state index contributed by atoms with van der Waals surface area (Å²) in [6, 6.07) is 10.9. The molecule has 0 aliphatic carbocycles. The van der Waals surface area contributed by atoms with E-state index in [1.807, 2.05) is 18.2 Å². The van der Waals surface area contributed by atoms with Gasteiger partial charge in [-0.25, -0.2) is 0 Å². The predicted molar refractivity (Wildman–Crippen MR) is 74.6 cm³/mol. The molecule has 6 heteroatoms. The van der Waals surface area contributed by atoms with Crippen molar-refractivity contribution in [2.75, 3.05) is 5.73 Å². The fraction of sp³-hybridized carbons (Fsp3) is 0. The zero-order chi connectivity index (χ0) is 12.5. The minimum absolute atomic E-state index is 0.420. The van der Waals surface area contributed by atoms with Crippen LogP contribution in [0, 0.1) is 3.77 Å². The molecule has 5 nitrogen and oxygen atoms in total. The summed E-state index contributed by atoms with van der Waals surface area (Å²) in [7, 11) is 0. The Labute approximate surface area is 116 Å². The van der Waals surface area contributed by atoms with Crippen LogP contribution in [-0.2, 0) is 0 Å². The van der Waals surface area contributed by atoms with E-state index in [9.17, 15) is 0 Å². The highest BCUT2D eigenvalue weighted by Crippen LogP contribution is 2.25. The van der Waals surface area contributed by atoms with Gasteiger partial charge in [0.2, 0.25) is 5.82 Å². The maximum Gasteiger partial charge on any atom is 0.258 e. The van der Waals surface area contributed by atoms with Gasteiger partial charge in [-0.2, -0.15) is 4.98 Å². The third-order valence-corrected chi connectivity index (χ3v) is 2.93. The second-order valence-corrected chi connectivity index (χ2v) is 4.72. The van der Waals surface area contributed by atoms with Crippen molar-refractivity contribution < 1.29 is 8.94 Å². The van der Waals surface area contributed by atoms with Gasteiger partial charge < -0.3 is 14.7 Å². The van der Waals surface area contributed by atoms with Gasteiger partial charge in [-0.1, -0.05) is 11.2 Å². The minimum atomic E-state index is 0.420. The number of nitrogens with zero attached hydrogens (tertiary/aromatic N) is 2. The van der Waals surface area contributed by atoms with Crippen molar-refractivity contribution in [2.24, 2.45) is 0 Å². The standard InChI is InChI=1S/C12H8IN3O2/c13-10-5-4-9(17-10)11-15-12(18-16-11)7-2-1-3-8(14)6-7/h1-6H,14H2. The summed E-state index contributed by atoms with van der Waals surface area (Å²) >= 11 is 2.08. The molecule has 1 aromatic carbocycles. The Bertz CT molecular complexity index is 690. The summed E-state index contributed by atoms with van der Waals surface area (Å²) < 4.78 is 11.4. The summed E-state index contributed by atoms with van der Waals surface area (Å²) in [4.78, 5) is 4.27. The molecule has 3 rings (SSSR count). The maximum atomic E-state index is 5.71. The minimum Gasteiger partial charge on any atom is -0.447 e. The van der Waals surface area contributed by atoms with E-state index in [-0.39, 0.29) is 0 Å². The van der Waals surface area contributed by atoms with Crippen molar-refractivity contribution in [2.45, 2.75) is 0 Å². The van der Waals surface area contributed by atoms with Gasteiger partial charge >= 0.3 is 0 Å². The molecule has 0 saturated carbocycles. The summed E-state index contributed by atoms with van der Waals surface area (Å²) in [5.74, 6) is 1.43. The third-order valence-electron chi connectivity index (χ3n) is 2.35. The van der Waals surface area contributed by atoms with Gasteiger partial charge in [-0.05, 0) is 52.9 Å². The number of hydrogen-bond acceptors (Lipinski definition) is 5. The van der Waals surface area contributed by atoms with Crippen LogP contribution in [0.25, 0.3) is 23.0 Å². The van der Waals surface area contributed by atoms with Crippen molar-refractivity contribution in [3.8, 4) is 23.0 Å². The lowest BCUT2D eigenvalue weighted by Crippen LogP contribution is -1.85. The van der Waals surface area contributed by atoms with E-state index in [1.54, 1.807) is 18.2 Å². The molecule has 18 heavy (non-hydrogen) atoms. The number of furan rings is 1. The lowest BCUT2D eigenvalue weighted by atomic mass is 10.2. The zero-order valence-corrected chi connectivity index (χ0v) is 11.3. The molecule has 90 valence electrons. The predicted octanol–water partition coefficient (Wildman–Crippen LogP) is 3.18. The second kappa shape index (κ2) is 4.45. The molecule has 2 N–H and O–H groups in total. The van der Waals surface area contributed by atoms with Crippen molar-refractivity contribution in [1.29, 1.82) is 0 Å². The number of anilines is 1. The Morgan fingerprint density at radius 3 is 2.78 bits per heavy atom. The summed E-state index contributed by atoms with van der Waals surface area (Å²) in [5, 5.41) is 3.88. The molecule has 3 aromatic rings. The normalized spacial score (nSPS) is 10.7. The summed E-state index contributed by atoms with van der Waals surface area (Å²) in [6.45, 7) is 0. The second-order valence-electron chi connectivity index (χ2n) is 3.65. The number of hydrogen-bond donors (Lipinski definition) is 1. The molecule has 0 fully saturated rings. The molecule has 0 radical (unpaired) electrons. The van der Waals surface area contributed by atoms with Crippen molar-refractivity contribution in [1.82, 2.24) is 10.1 Å². The fourth-order valence-electron chi connectivity index (χ4n) is 1.55. The molecular weight excluding hydrogens is 345 g/mol. The number of halogens is 1. The Balaban J connectivity index is 1.99. The topological polar surface area (TPSA) is 78.1 Å². The van der Waals surface area contributed by atoms with Gasteiger partial charge in [0.1, 0.15) is 0 Å². The molecule has 0 unspecified atom stereocenters. The van der Waals surface area contributed by atoms with Crippen molar-refractivity contribution in [3.05, 3.63) is 40.2 Å². The quantitative estimate of drug-likeness (QED) is 0.566. The van der Waals surface area contributed by atoms with Crippen molar-refractivity contribution in [3.63, 3.8) is 0 Å². The molecule has 0 saturated heterocycles. The van der Waals surface area contributed by atoms with E-state index in [2.05, 4.69) is 32.7 Å². The molecule has 0 aliphatic rings. The molecule has 0 spiro atoms. The van der Waals surface area contributed by atoms with E-state index in [1.165, 1.54) is 0 Å². The number of nitrogens with two attached hydrogens (primary N) is 1. The van der Waals surface area contributed by atoms with Gasteiger partial charge in [-0.3, -0.25) is 0 Å². The highest BCUT2D eigenvalue weighted by molar-refractivity contribution is 14.1. The van der Waals surface area contributed by atoms with Crippen LogP contribution in [0.1, 0.15) is 0 Å². The lowest BCUT2D eigenvalue weighted by molar-refractivity contribution is 0.429. The Morgan fingerprint density at radius 2 is 2.06 bits per heavy atom. The number of benzene rings is 1. The van der Waals surface area contributed by atoms with Gasteiger partial charge in [0, 0.05) is 11.3 Å². The van der Waals surface area contributed by atoms with Crippen LogP contribution in [0.5, 0.6) is 0 Å². The van der Waals surface area contributed by atoms with E-state index in [0.717, 1.165) is 9.33 Å². The Morgan fingerprint density at radius 1 is 1.17 bits per heavy atom. The van der Waals surface area contributed by atoms with Crippen LogP contribution in [0.2, 0.25) is 0 Å². The van der Waals surface area contributed by atoms with Crippen LogP contribution in [0.15, 0.2) is 45.3 Å². The average Bonchev–Trinajstić information content (AvgIpc) is 2.97. The number of nitrogen functional groups attached to an aromatic ring is 1. The first-order chi connectivity index (χ1) is 8.72. The molecule has 0 amide bonds. The fourth-order valence-corrected chi connectivity index (χ4v) is 1.96. The third kappa shape index (κ3) is 2.10. The highest BCUT2D eigenvalue weighted by atomic mass is 127. The molecule has 2 aromatic heterocycles. The highest BCUT2D eigenvalue weighted by Gasteiger charge is 2.13. The SMILES string of the molecule is Nc1cccc(-c2nc(-c3ccc(I)o3)no2)c1. The molecule has 2 heterocycles. The molecule has 0 bridgehead atoms. The summed E-state index contributed by atoms with van der Waals surface area (Å²) in [6.07, 6.45) is 0. The average molecular weight is 353 g/mol. The zero-order valence-electron chi connectivity index (χ0n) is 9.13. The van der Waals surface area contributed by atoms with Gasteiger partial charge in [0.25, 0.3) is 5.89 Å².